The molecule has 1 aromatic carbocycles. The molecular formula is C13H21N3O3S. The number of nitrogen functional groups attached to an aromatic ring is 1. The summed E-state index contributed by atoms with van der Waals surface area (Å²) in [5.74, 6) is -0.198. The summed E-state index contributed by atoms with van der Waals surface area (Å²) in [6.45, 7) is 7.03. The number of benzene rings is 1. The van der Waals surface area contributed by atoms with E-state index >= 15 is 0 Å². The molecule has 0 unspecified atom stereocenters. The smallest absolute Gasteiger partial charge is 0.241 e. The zero-order chi connectivity index (χ0) is 15.5. The molecule has 0 atom stereocenters. The average Bonchev–Trinajstić information content (AvgIpc) is 2.31. The molecule has 0 heterocycles. The van der Waals surface area contributed by atoms with Gasteiger partial charge < -0.3 is 11.1 Å². The molecule has 6 nitrogen and oxygen atoms in total. The monoisotopic (exact) mass is 299 g/mol. The first-order valence-electron chi connectivity index (χ1n) is 6.27. The SMILES string of the molecule is CC(=O)NCCNS(=O)(=O)c1c(C)cc(C)c(N)c1C. The first kappa shape index (κ1) is 16.5. The van der Waals surface area contributed by atoms with E-state index in [0.717, 1.165) is 5.56 Å². The van der Waals surface area contributed by atoms with Crippen molar-refractivity contribution in [1.82, 2.24) is 10.0 Å². The van der Waals surface area contributed by atoms with Gasteiger partial charge in [-0.3, -0.25) is 4.79 Å². The van der Waals surface area contributed by atoms with Gasteiger partial charge in [-0.1, -0.05) is 6.07 Å². The molecule has 0 aliphatic rings. The largest absolute Gasteiger partial charge is 0.398 e. The van der Waals surface area contributed by atoms with Crippen LogP contribution in [0.15, 0.2) is 11.0 Å². The van der Waals surface area contributed by atoms with Crippen molar-refractivity contribution in [2.24, 2.45) is 0 Å². The first-order chi connectivity index (χ1) is 9.16. The van der Waals surface area contributed by atoms with Crippen LogP contribution in [0.25, 0.3) is 0 Å². The number of amides is 1. The summed E-state index contributed by atoms with van der Waals surface area (Å²) in [6.07, 6.45) is 0. The standard InChI is InChI=1S/C13H21N3O3S/c1-8-7-9(2)13(10(3)12(8)14)20(18,19)16-6-5-15-11(4)17/h7,16H,5-6,14H2,1-4H3,(H,15,17). The Kier molecular flexibility index (Phi) is 5.13. The van der Waals surface area contributed by atoms with Gasteiger partial charge in [0.2, 0.25) is 15.9 Å². The van der Waals surface area contributed by atoms with E-state index in [0.29, 0.717) is 16.8 Å². The van der Waals surface area contributed by atoms with Gasteiger partial charge in [-0.15, -0.1) is 0 Å². The third-order valence-corrected chi connectivity index (χ3v) is 4.77. The van der Waals surface area contributed by atoms with E-state index in [4.69, 9.17) is 5.73 Å². The highest BCUT2D eigenvalue weighted by Gasteiger charge is 2.21. The van der Waals surface area contributed by atoms with Crippen LogP contribution in [0, 0.1) is 20.8 Å². The highest BCUT2D eigenvalue weighted by atomic mass is 32.2. The highest BCUT2D eigenvalue weighted by molar-refractivity contribution is 7.89. The first-order valence-corrected chi connectivity index (χ1v) is 7.75. The average molecular weight is 299 g/mol. The van der Waals surface area contributed by atoms with E-state index in [1.165, 1.54) is 6.92 Å². The van der Waals surface area contributed by atoms with E-state index in [-0.39, 0.29) is 23.9 Å². The zero-order valence-corrected chi connectivity index (χ0v) is 13.0. The minimum Gasteiger partial charge on any atom is -0.398 e. The van der Waals surface area contributed by atoms with Crippen molar-refractivity contribution in [3.05, 3.63) is 22.8 Å². The van der Waals surface area contributed by atoms with Crippen LogP contribution >= 0.6 is 0 Å². The van der Waals surface area contributed by atoms with Crippen molar-refractivity contribution in [2.75, 3.05) is 18.8 Å². The second kappa shape index (κ2) is 6.23. The highest BCUT2D eigenvalue weighted by Crippen LogP contribution is 2.27. The fourth-order valence-corrected chi connectivity index (χ4v) is 3.60. The van der Waals surface area contributed by atoms with Crippen LogP contribution in [-0.2, 0) is 14.8 Å². The van der Waals surface area contributed by atoms with Gasteiger partial charge in [0.15, 0.2) is 0 Å². The summed E-state index contributed by atoms with van der Waals surface area (Å²) in [5, 5.41) is 2.53. The van der Waals surface area contributed by atoms with Gasteiger partial charge in [-0.2, -0.15) is 0 Å². The second-order valence-corrected chi connectivity index (χ2v) is 6.46. The zero-order valence-electron chi connectivity index (χ0n) is 12.2. The lowest BCUT2D eigenvalue weighted by Gasteiger charge is -2.15. The summed E-state index contributed by atoms with van der Waals surface area (Å²) >= 11 is 0. The Labute approximate surface area is 119 Å². The van der Waals surface area contributed by atoms with Crippen LogP contribution in [-0.4, -0.2) is 27.4 Å². The van der Waals surface area contributed by atoms with E-state index in [1.807, 2.05) is 6.92 Å². The predicted molar refractivity (Wildman–Crippen MR) is 78.9 cm³/mol. The van der Waals surface area contributed by atoms with Crippen molar-refractivity contribution < 1.29 is 13.2 Å². The van der Waals surface area contributed by atoms with Crippen LogP contribution in [0.2, 0.25) is 0 Å². The summed E-state index contributed by atoms with van der Waals surface area (Å²) in [5.41, 5.74) is 8.44. The molecule has 0 radical (unpaired) electrons. The minimum absolute atomic E-state index is 0.134. The molecule has 0 fully saturated rings. The van der Waals surface area contributed by atoms with Gasteiger partial charge >= 0.3 is 0 Å². The fourth-order valence-electron chi connectivity index (χ4n) is 2.09. The number of hydrogen-bond donors (Lipinski definition) is 3. The van der Waals surface area contributed by atoms with Crippen LogP contribution in [0.4, 0.5) is 5.69 Å². The van der Waals surface area contributed by atoms with E-state index in [9.17, 15) is 13.2 Å². The Bertz CT molecular complexity index is 624. The Morgan fingerprint density at radius 2 is 1.80 bits per heavy atom. The molecule has 20 heavy (non-hydrogen) atoms. The number of rotatable bonds is 5. The number of carbonyl (C=O) groups excluding carboxylic acids is 1. The van der Waals surface area contributed by atoms with Crippen LogP contribution < -0.4 is 15.8 Å². The van der Waals surface area contributed by atoms with Crippen molar-refractivity contribution in [3.63, 3.8) is 0 Å². The van der Waals surface area contributed by atoms with Crippen LogP contribution in [0.3, 0.4) is 0 Å². The van der Waals surface area contributed by atoms with Gasteiger partial charge in [0.1, 0.15) is 0 Å². The summed E-state index contributed by atoms with van der Waals surface area (Å²) < 4.78 is 27.1. The van der Waals surface area contributed by atoms with Gasteiger partial charge in [0, 0.05) is 25.7 Å². The normalized spacial score (nSPS) is 11.4. The molecule has 112 valence electrons. The number of nitrogens with two attached hydrogens (primary N) is 1. The lowest BCUT2D eigenvalue weighted by Crippen LogP contribution is -2.34. The van der Waals surface area contributed by atoms with E-state index in [1.54, 1.807) is 19.9 Å². The van der Waals surface area contributed by atoms with Gasteiger partial charge in [-0.05, 0) is 37.5 Å². The van der Waals surface area contributed by atoms with E-state index in [2.05, 4.69) is 10.0 Å². The number of anilines is 1. The topological polar surface area (TPSA) is 101 Å². The van der Waals surface area contributed by atoms with Crippen LogP contribution in [0.1, 0.15) is 23.6 Å². The van der Waals surface area contributed by atoms with Crippen LogP contribution in [0.5, 0.6) is 0 Å². The maximum atomic E-state index is 12.3. The van der Waals surface area contributed by atoms with E-state index < -0.39 is 10.0 Å². The van der Waals surface area contributed by atoms with Crippen molar-refractivity contribution >= 4 is 21.6 Å². The van der Waals surface area contributed by atoms with Crippen molar-refractivity contribution in [3.8, 4) is 0 Å². The molecule has 0 aliphatic carbocycles. The number of aryl methyl sites for hydroxylation is 2. The Morgan fingerprint density at radius 3 is 2.35 bits per heavy atom. The maximum absolute atomic E-state index is 12.3. The molecule has 7 heteroatoms. The molecule has 0 saturated carbocycles. The lowest BCUT2D eigenvalue weighted by atomic mass is 10.1. The van der Waals surface area contributed by atoms with Gasteiger partial charge in [0.05, 0.1) is 4.90 Å². The second-order valence-electron chi connectivity index (χ2n) is 4.76. The molecule has 0 bridgehead atoms. The number of carbonyl (C=O) groups is 1. The molecule has 1 aromatic rings. The summed E-state index contributed by atoms with van der Waals surface area (Å²) in [7, 11) is -3.64. The molecule has 0 spiro atoms. The number of sulfonamides is 1. The fraction of sp³-hybridized carbons (Fsp3) is 0.462. The molecular weight excluding hydrogens is 278 g/mol. The summed E-state index contributed by atoms with van der Waals surface area (Å²) in [6, 6.07) is 1.75. The molecule has 0 aliphatic heterocycles. The molecule has 0 saturated heterocycles. The molecule has 0 aromatic heterocycles. The van der Waals surface area contributed by atoms with Gasteiger partial charge in [-0.25, -0.2) is 13.1 Å². The quantitative estimate of drug-likeness (QED) is 0.547. The predicted octanol–water partition coefficient (Wildman–Crippen LogP) is 0.608. The Hall–Kier alpha value is -1.60. The summed E-state index contributed by atoms with van der Waals surface area (Å²) in [4.78, 5) is 10.9. The minimum atomic E-state index is -3.64. The lowest BCUT2D eigenvalue weighted by molar-refractivity contribution is -0.118. The Balaban J connectivity index is 2.99. The van der Waals surface area contributed by atoms with Gasteiger partial charge in [0.25, 0.3) is 0 Å². The molecule has 4 N–H and O–H groups in total. The number of nitrogens with one attached hydrogen (secondary N) is 2. The third kappa shape index (κ3) is 3.71. The van der Waals surface area contributed by atoms with Crippen molar-refractivity contribution in [2.45, 2.75) is 32.6 Å². The molecule has 1 amide bonds. The maximum Gasteiger partial charge on any atom is 0.241 e. The third-order valence-electron chi connectivity index (χ3n) is 3.02. The number of hydrogen-bond acceptors (Lipinski definition) is 4. The van der Waals surface area contributed by atoms with Crippen molar-refractivity contribution in [1.29, 1.82) is 0 Å². The molecule has 1 rings (SSSR count). The Morgan fingerprint density at radius 1 is 1.20 bits per heavy atom.